The van der Waals surface area contributed by atoms with E-state index in [9.17, 15) is 4.79 Å². The molecule has 1 aliphatic heterocycles. The quantitative estimate of drug-likeness (QED) is 0.827. The minimum atomic E-state index is 0.0312. The Morgan fingerprint density at radius 2 is 2.04 bits per heavy atom. The highest BCUT2D eigenvalue weighted by atomic mass is 35.5. The maximum atomic E-state index is 12.7. The van der Waals surface area contributed by atoms with E-state index in [1.807, 2.05) is 34.5 Å². The fourth-order valence-electron chi connectivity index (χ4n) is 2.94. The second-order valence-corrected chi connectivity index (χ2v) is 7.83. The third-order valence-corrected chi connectivity index (χ3v) is 5.20. The molecule has 1 saturated heterocycles. The van der Waals surface area contributed by atoms with Crippen molar-refractivity contribution < 1.29 is 4.79 Å². The van der Waals surface area contributed by atoms with Gasteiger partial charge in [-0.15, -0.1) is 11.3 Å². The summed E-state index contributed by atoms with van der Waals surface area (Å²) in [7, 11) is 0. The number of benzene rings is 1. The summed E-state index contributed by atoms with van der Waals surface area (Å²) in [5, 5.41) is 3.36. The molecule has 1 fully saturated rings. The number of halogens is 1. The van der Waals surface area contributed by atoms with Crippen LogP contribution >= 0.6 is 22.9 Å². The molecule has 0 aliphatic carbocycles. The monoisotopic (exact) mass is 363 g/mol. The second-order valence-electron chi connectivity index (χ2n) is 6.53. The maximum absolute atomic E-state index is 12.7. The molecule has 0 bridgehead atoms. The van der Waals surface area contributed by atoms with E-state index in [-0.39, 0.29) is 5.91 Å². The predicted octanol–water partition coefficient (Wildman–Crippen LogP) is 3.88. The summed E-state index contributed by atoms with van der Waals surface area (Å²) >= 11 is 7.52. The van der Waals surface area contributed by atoms with Gasteiger partial charge in [-0.2, -0.15) is 0 Å². The smallest absolute Gasteiger partial charge is 0.273 e. The Hall–Kier alpha value is -1.43. The highest BCUT2D eigenvalue weighted by Gasteiger charge is 2.24. The second kappa shape index (κ2) is 7.64. The van der Waals surface area contributed by atoms with E-state index in [1.54, 1.807) is 0 Å². The SMILES string of the molecule is CC(C)CN1CCN(C(=O)c2csc(-c3cccc(Cl)c3)n2)CC1. The van der Waals surface area contributed by atoms with Gasteiger partial charge in [0.1, 0.15) is 10.7 Å². The van der Waals surface area contributed by atoms with E-state index in [2.05, 4.69) is 23.7 Å². The lowest BCUT2D eigenvalue weighted by Crippen LogP contribution is -2.49. The van der Waals surface area contributed by atoms with Crippen LogP contribution in [0.1, 0.15) is 24.3 Å². The number of thiazole rings is 1. The average molecular weight is 364 g/mol. The molecule has 0 atom stereocenters. The summed E-state index contributed by atoms with van der Waals surface area (Å²) in [5.74, 6) is 0.690. The van der Waals surface area contributed by atoms with Gasteiger partial charge in [0.15, 0.2) is 0 Å². The van der Waals surface area contributed by atoms with Gasteiger partial charge in [0, 0.05) is 48.7 Å². The van der Waals surface area contributed by atoms with E-state index >= 15 is 0 Å². The number of carbonyl (C=O) groups excluding carboxylic acids is 1. The number of rotatable bonds is 4. The van der Waals surface area contributed by atoms with Crippen LogP contribution in [0, 0.1) is 5.92 Å². The van der Waals surface area contributed by atoms with Gasteiger partial charge in [-0.05, 0) is 18.1 Å². The van der Waals surface area contributed by atoms with Crippen molar-refractivity contribution in [3.05, 3.63) is 40.4 Å². The lowest BCUT2D eigenvalue weighted by molar-refractivity contribution is 0.0619. The van der Waals surface area contributed by atoms with Gasteiger partial charge in [-0.3, -0.25) is 9.69 Å². The van der Waals surface area contributed by atoms with Crippen LogP contribution in [0.2, 0.25) is 5.02 Å². The number of piperazine rings is 1. The standard InChI is InChI=1S/C18H22ClN3OS/c1-13(2)11-21-6-8-22(9-7-21)18(23)16-12-24-17(20-16)14-4-3-5-15(19)10-14/h3-5,10,12-13H,6-9,11H2,1-2H3. The van der Waals surface area contributed by atoms with Crippen molar-refractivity contribution >= 4 is 28.8 Å². The molecule has 1 aromatic carbocycles. The fraction of sp³-hybridized carbons (Fsp3) is 0.444. The van der Waals surface area contributed by atoms with Gasteiger partial charge in [0.05, 0.1) is 0 Å². The molecule has 128 valence electrons. The molecule has 4 nitrogen and oxygen atoms in total. The van der Waals surface area contributed by atoms with Crippen LogP contribution in [0.15, 0.2) is 29.6 Å². The topological polar surface area (TPSA) is 36.4 Å². The van der Waals surface area contributed by atoms with Crippen molar-refractivity contribution in [2.24, 2.45) is 5.92 Å². The van der Waals surface area contributed by atoms with Gasteiger partial charge in [-0.1, -0.05) is 37.6 Å². The lowest BCUT2D eigenvalue weighted by atomic mass is 10.2. The van der Waals surface area contributed by atoms with Gasteiger partial charge < -0.3 is 4.90 Å². The Bertz CT molecular complexity index is 708. The Morgan fingerprint density at radius 3 is 2.71 bits per heavy atom. The third-order valence-electron chi connectivity index (χ3n) is 4.08. The molecule has 1 aromatic heterocycles. The predicted molar refractivity (Wildman–Crippen MR) is 99.7 cm³/mol. The zero-order valence-corrected chi connectivity index (χ0v) is 15.6. The first-order chi connectivity index (χ1) is 11.5. The first-order valence-corrected chi connectivity index (χ1v) is 9.52. The molecule has 0 radical (unpaired) electrons. The first-order valence-electron chi connectivity index (χ1n) is 8.26. The molecule has 0 unspecified atom stereocenters. The molecule has 24 heavy (non-hydrogen) atoms. The number of nitrogens with zero attached hydrogens (tertiary/aromatic N) is 3. The van der Waals surface area contributed by atoms with Crippen LogP contribution in [0.5, 0.6) is 0 Å². The molecule has 2 aromatic rings. The zero-order valence-electron chi connectivity index (χ0n) is 14.0. The number of hydrogen-bond donors (Lipinski definition) is 0. The Morgan fingerprint density at radius 1 is 1.29 bits per heavy atom. The lowest BCUT2D eigenvalue weighted by Gasteiger charge is -2.35. The summed E-state index contributed by atoms with van der Waals surface area (Å²) < 4.78 is 0. The van der Waals surface area contributed by atoms with Gasteiger partial charge in [0.25, 0.3) is 5.91 Å². The molecular formula is C18H22ClN3OS. The van der Waals surface area contributed by atoms with Crippen LogP contribution in [-0.4, -0.2) is 53.4 Å². The molecule has 2 heterocycles. The molecule has 0 spiro atoms. The molecule has 0 saturated carbocycles. The van der Waals surface area contributed by atoms with Gasteiger partial charge in [-0.25, -0.2) is 4.98 Å². The number of hydrogen-bond acceptors (Lipinski definition) is 4. The van der Waals surface area contributed by atoms with Crippen LogP contribution in [0.25, 0.3) is 10.6 Å². The van der Waals surface area contributed by atoms with E-state index in [0.29, 0.717) is 16.6 Å². The van der Waals surface area contributed by atoms with Crippen LogP contribution in [-0.2, 0) is 0 Å². The number of aromatic nitrogens is 1. The minimum Gasteiger partial charge on any atom is -0.335 e. The van der Waals surface area contributed by atoms with Gasteiger partial charge in [0.2, 0.25) is 0 Å². The molecule has 1 amide bonds. The first kappa shape index (κ1) is 17.4. The minimum absolute atomic E-state index is 0.0312. The van der Waals surface area contributed by atoms with Crippen molar-refractivity contribution in [3.8, 4) is 10.6 Å². The Balaban J connectivity index is 1.64. The zero-order chi connectivity index (χ0) is 17.1. The van der Waals surface area contributed by atoms with Crippen LogP contribution in [0.4, 0.5) is 0 Å². The van der Waals surface area contributed by atoms with E-state index < -0.39 is 0 Å². The highest BCUT2D eigenvalue weighted by molar-refractivity contribution is 7.13. The summed E-state index contributed by atoms with van der Waals surface area (Å²) in [5.41, 5.74) is 1.49. The van der Waals surface area contributed by atoms with Crippen LogP contribution in [0.3, 0.4) is 0 Å². The van der Waals surface area contributed by atoms with E-state index in [4.69, 9.17) is 11.6 Å². The van der Waals surface area contributed by atoms with Crippen molar-refractivity contribution in [3.63, 3.8) is 0 Å². The van der Waals surface area contributed by atoms with Crippen molar-refractivity contribution in [2.75, 3.05) is 32.7 Å². The average Bonchev–Trinajstić information content (AvgIpc) is 3.04. The number of amides is 1. The molecule has 6 heteroatoms. The largest absolute Gasteiger partial charge is 0.335 e. The molecule has 1 aliphatic rings. The van der Waals surface area contributed by atoms with E-state index in [0.717, 1.165) is 43.3 Å². The van der Waals surface area contributed by atoms with Crippen molar-refractivity contribution in [2.45, 2.75) is 13.8 Å². The van der Waals surface area contributed by atoms with E-state index in [1.165, 1.54) is 11.3 Å². The Kier molecular flexibility index (Phi) is 5.54. The Labute approximate surface area is 152 Å². The molecular weight excluding hydrogens is 342 g/mol. The molecule has 0 N–H and O–H groups in total. The van der Waals surface area contributed by atoms with Crippen molar-refractivity contribution in [1.82, 2.24) is 14.8 Å². The third kappa shape index (κ3) is 4.15. The highest BCUT2D eigenvalue weighted by Crippen LogP contribution is 2.26. The summed E-state index contributed by atoms with van der Waals surface area (Å²) in [6.07, 6.45) is 0. The van der Waals surface area contributed by atoms with Crippen LogP contribution < -0.4 is 0 Å². The normalized spacial score (nSPS) is 15.9. The van der Waals surface area contributed by atoms with Crippen molar-refractivity contribution in [1.29, 1.82) is 0 Å². The summed E-state index contributed by atoms with van der Waals surface area (Å²) in [6.45, 7) is 8.97. The fourth-order valence-corrected chi connectivity index (χ4v) is 3.92. The molecule has 3 rings (SSSR count). The summed E-state index contributed by atoms with van der Waals surface area (Å²) in [6, 6.07) is 7.57. The summed E-state index contributed by atoms with van der Waals surface area (Å²) in [4.78, 5) is 21.5. The maximum Gasteiger partial charge on any atom is 0.273 e. The number of carbonyl (C=O) groups is 1. The van der Waals surface area contributed by atoms with Gasteiger partial charge >= 0.3 is 0 Å².